The van der Waals surface area contributed by atoms with Gasteiger partial charge in [-0.05, 0) is 31.0 Å². The predicted molar refractivity (Wildman–Crippen MR) is 146 cm³/mol. The zero-order valence-electron chi connectivity index (χ0n) is 21.5. The molecule has 3 heterocycles. The Morgan fingerprint density at radius 3 is 2.23 bits per heavy atom. The van der Waals surface area contributed by atoms with Crippen molar-refractivity contribution in [3.63, 3.8) is 0 Å². The molecule has 0 aliphatic carbocycles. The Hall–Kier alpha value is -3.71. The van der Waals surface area contributed by atoms with Gasteiger partial charge in [-0.15, -0.1) is 22.6 Å². The Morgan fingerprint density at radius 2 is 1.60 bits per heavy atom. The lowest BCUT2D eigenvalue weighted by molar-refractivity contribution is -0.0436. The highest BCUT2D eigenvalue weighted by Gasteiger charge is 2.48. The number of hydrogen-bond acceptors (Lipinski definition) is 7. The van der Waals surface area contributed by atoms with E-state index in [0.29, 0.717) is 37.4 Å². The first-order valence-electron chi connectivity index (χ1n) is 12.2. The van der Waals surface area contributed by atoms with E-state index in [1.54, 1.807) is 10.9 Å². The van der Waals surface area contributed by atoms with Crippen LogP contribution in [0.25, 0.3) is 22.2 Å². The first kappa shape index (κ1) is 29.3. The van der Waals surface area contributed by atoms with E-state index >= 15 is 0 Å². The van der Waals surface area contributed by atoms with Crippen molar-refractivity contribution >= 4 is 44.7 Å². The number of benzene rings is 2. The van der Waals surface area contributed by atoms with Gasteiger partial charge in [0.2, 0.25) is 0 Å². The molecular weight excluding hydrogens is 569 g/mol. The lowest BCUT2D eigenvalue weighted by atomic mass is 10.0. The van der Waals surface area contributed by atoms with E-state index in [2.05, 4.69) is 20.2 Å². The fraction of sp³-hybridized carbons (Fsp3) is 0.308. The van der Waals surface area contributed by atoms with Crippen LogP contribution in [-0.2, 0) is 16.9 Å². The monoisotopic (exact) mass is 594 g/mol. The summed E-state index contributed by atoms with van der Waals surface area (Å²) in [5.74, 6) is -0.0757. The SMILES string of the molecule is CN(C(=O)c1ccccc1S(=O)(=O)C(F)(F)F)C1CCN(c2nnc(-c3ccnn3C)c3ccccc23)CC1.Cl. The summed E-state index contributed by atoms with van der Waals surface area (Å²) in [5.41, 5.74) is -4.47. The average Bonchev–Trinajstić information content (AvgIpc) is 3.36. The van der Waals surface area contributed by atoms with Crippen molar-refractivity contribution in [1.29, 1.82) is 0 Å². The minimum atomic E-state index is -5.68. The second-order valence-corrected chi connectivity index (χ2v) is 11.2. The maximum atomic E-state index is 13.2. The molecule has 2 aromatic carbocycles. The summed E-state index contributed by atoms with van der Waals surface area (Å²) < 4.78 is 65.6. The van der Waals surface area contributed by atoms with E-state index in [9.17, 15) is 26.4 Å². The molecule has 0 bridgehead atoms. The Kier molecular flexibility index (Phi) is 8.08. The number of piperidine rings is 1. The lowest BCUT2D eigenvalue weighted by Gasteiger charge is -2.37. The van der Waals surface area contributed by atoms with Gasteiger partial charge in [0.1, 0.15) is 5.69 Å². The number of hydrogen-bond donors (Lipinski definition) is 0. The number of alkyl halides is 3. The number of aryl methyl sites for hydroxylation is 1. The molecule has 0 saturated carbocycles. The summed E-state index contributed by atoms with van der Waals surface area (Å²) in [6.07, 6.45) is 2.71. The summed E-state index contributed by atoms with van der Waals surface area (Å²) in [7, 11) is -2.36. The molecule has 0 spiro atoms. The molecular formula is C26H26ClF3N6O3S. The van der Waals surface area contributed by atoms with Crippen LogP contribution in [0, 0.1) is 0 Å². The average molecular weight is 595 g/mol. The van der Waals surface area contributed by atoms with Gasteiger partial charge in [-0.3, -0.25) is 9.48 Å². The fourth-order valence-electron chi connectivity index (χ4n) is 4.94. The van der Waals surface area contributed by atoms with E-state index < -0.39 is 31.7 Å². The molecule has 1 fully saturated rings. The molecule has 0 N–H and O–H groups in total. The van der Waals surface area contributed by atoms with Gasteiger partial charge in [0, 0.05) is 50.2 Å². The van der Waals surface area contributed by atoms with Crippen molar-refractivity contribution in [2.45, 2.75) is 29.3 Å². The zero-order chi connectivity index (χ0) is 27.9. The van der Waals surface area contributed by atoms with E-state index in [1.165, 1.54) is 24.1 Å². The molecule has 4 aromatic rings. The second kappa shape index (κ2) is 11.0. The first-order chi connectivity index (χ1) is 18.5. The number of halogens is 4. The predicted octanol–water partition coefficient (Wildman–Crippen LogP) is 4.49. The summed E-state index contributed by atoms with van der Waals surface area (Å²) in [4.78, 5) is 15.6. The molecule has 2 aromatic heterocycles. The Bertz CT molecular complexity index is 1650. The Labute approximate surface area is 234 Å². The van der Waals surface area contributed by atoms with Crippen LogP contribution < -0.4 is 4.90 Å². The quantitative estimate of drug-likeness (QED) is 0.336. The fourth-order valence-corrected chi connectivity index (χ4v) is 5.89. The summed E-state index contributed by atoms with van der Waals surface area (Å²) in [6.45, 7) is 1.04. The smallest absolute Gasteiger partial charge is 0.354 e. The molecule has 1 amide bonds. The Balaban J connectivity index is 0.00000370. The van der Waals surface area contributed by atoms with E-state index in [-0.39, 0.29) is 18.4 Å². The number of sulfone groups is 1. The Morgan fingerprint density at radius 1 is 0.975 bits per heavy atom. The van der Waals surface area contributed by atoms with Crippen molar-refractivity contribution in [2.75, 3.05) is 25.0 Å². The van der Waals surface area contributed by atoms with Crippen LogP contribution in [0.15, 0.2) is 65.7 Å². The number of amides is 1. The van der Waals surface area contributed by atoms with Crippen molar-refractivity contribution in [3.8, 4) is 11.4 Å². The number of carbonyl (C=O) groups excluding carboxylic acids is 1. The second-order valence-electron chi connectivity index (χ2n) is 9.34. The summed E-state index contributed by atoms with van der Waals surface area (Å²) in [5, 5.41) is 15.1. The molecule has 1 aliphatic rings. The zero-order valence-corrected chi connectivity index (χ0v) is 23.2. The van der Waals surface area contributed by atoms with Crippen LogP contribution in [0.2, 0.25) is 0 Å². The number of rotatable bonds is 5. The van der Waals surface area contributed by atoms with Crippen molar-refractivity contribution in [1.82, 2.24) is 24.9 Å². The third-order valence-corrected chi connectivity index (χ3v) is 8.62. The van der Waals surface area contributed by atoms with Gasteiger partial charge in [-0.1, -0.05) is 36.4 Å². The van der Waals surface area contributed by atoms with Crippen LogP contribution in [0.3, 0.4) is 0 Å². The molecule has 14 heteroatoms. The number of nitrogens with zero attached hydrogens (tertiary/aromatic N) is 6. The van der Waals surface area contributed by atoms with Gasteiger partial charge in [-0.2, -0.15) is 18.3 Å². The first-order valence-corrected chi connectivity index (χ1v) is 13.7. The number of fused-ring (bicyclic) bond motifs is 1. The standard InChI is InChI=1S/C26H25F3N6O3S.ClH/c1-33(25(36)20-9-5-6-10-22(20)39(37,38)26(27,28)29)17-12-15-35(16-13-17)24-19-8-4-3-7-18(19)23(31-32-24)21-11-14-30-34(21)2;/h3-11,14,17H,12-13,15-16H2,1-2H3;1H. The highest BCUT2D eigenvalue weighted by atomic mass is 35.5. The summed E-state index contributed by atoms with van der Waals surface area (Å²) >= 11 is 0. The molecule has 0 unspecified atom stereocenters. The molecule has 1 saturated heterocycles. The third kappa shape index (κ3) is 5.10. The minimum absolute atomic E-state index is 0. The van der Waals surface area contributed by atoms with Crippen LogP contribution in [0.4, 0.5) is 19.0 Å². The maximum absolute atomic E-state index is 13.2. The number of anilines is 1. The number of aromatic nitrogens is 4. The maximum Gasteiger partial charge on any atom is 0.501 e. The topological polar surface area (TPSA) is 101 Å². The lowest BCUT2D eigenvalue weighted by Crippen LogP contribution is -2.46. The molecule has 40 heavy (non-hydrogen) atoms. The van der Waals surface area contributed by atoms with Crippen molar-refractivity contribution in [2.24, 2.45) is 7.05 Å². The minimum Gasteiger partial charge on any atom is -0.354 e. The molecule has 1 aliphatic heterocycles. The van der Waals surface area contributed by atoms with Gasteiger partial charge >= 0.3 is 5.51 Å². The normalized spacial score (nSPS) is 14.7. The third-order valence-electron chi connectivity index (χ3n) is 7.08. The summed E-state index contributed by atoms with van der Waals surface area (Å²) in [6, 6.07) is 13.8. The molecule has 0 atom stereocenters. The van der Waals surface area contributed by atoms with E-state index in [4.69, 9.17) is 0 Å². The molecule has 5 rings (SSSR count). The van der Waals surface area contributed by atoms with Gasteiger partial charge in [0.15, 0.2) is 5.82 Å². The van der Waals surface area contributed by atoms with Gasteiger partial charge in [0.25, 0.3) is 15.7 Å². The number of carbonyl (C=O) groups is 1. The van der Waals surface area contributed by atoms with Gasteiger partial charge in [0.05, 0.1) is 16.2 Å². The van der Waals surface area contributed by atoms with Crippen molar-refractivity contribution < 1.29 is 26.4 Å². The molecule has 9 nitrogen and oxygen atoms in total. The van der Waals surface area contributed by atoms with Crippen LogP contribution >= 0.6 is 12.4 Å². The van der Waals surface area contributed by atoms with E-state index in [1.807, 2.05) is 37.4 Å². The highest BCUT2D eigenvalue weighted by Crippen LogP contribution is 2.34. The van der Waals surface area contributed by atoms with Gasteiger partial charge < -0.3 is 9.80 Å². The van der Waals surface area contributed by atoms with Crippen molar-refractivity contribution in [3.05, 3.63) is 66.4 Å². The van der Waals surface area contributed by atoms with Crippen LogP contribution in [0.1, 0.15) is 23.2 Å². The van der Waals surface area contributed by atoms with Crippen LogP contribution in [-0.4, -0.2) is 70.9 Å². The van der Waals surface area contributed by atoms with E-state index in [0.717, 1.165) is 28.6 Å². The largest absolute Gasteiger partial charge is 0.501 e. The van der Waals surface area contributed by atoms with Gasteiger partial charge in [-0.25, -0.2) is 8.42 Å². The molecule has 212 valence electrons. The molecule has 0 radical (unpaired) electrons. The van der Waals surface area contributed by atoms with Crippen LogP contribution in [0.5, 0.6) is 0 Å². The highest BCUT2D eigenvalue weighted by molar-refractivity contribution is 7.92.